The second kappa shape index (κ2) is 11.1. The van der Waals surface area contributed by atoms with E-state index >= 15 is 0 Å². The van der Waals surface area contributed by atoms with E-state index in [0.717, 1.165) is 16.7 Å². The molecule has 40 heavy (non-hydrogen) atoms. The van der Waals surface area contributed by atoms with Crippen molar-refractivity contribution in [1.82, 2.24) is 9.80 Å². The number of nitrogens with zero attached hydrogens (tertiary/aromatic N) is 2. The number of carbonyl (C=O) groups is 2. The van der Waals surface area contributed by atoms with Crippen molar-refractivity contribution in [2.75, 3.05) is 0 Å². The van der Waals surface area contributed by atoms with Crippen LogP contribution in [0.1, 0.15) is 37.0 Å². The van der Waals surface area contributed by atoms with Gasteiger partial charge in [-0.3, -0.25) is 9.69 Å². The lowest BCUT2D eigenvalue weighted by Crippen LogP contribution is -2.61. The van der Waals surface area contributed by atoms with Gasteiger partial charge in [-0.25, -0.2) is 4.79 Å². The molecule has 0 radical (unpaired) electrons. The van der Waals surface area contributed by atoms with E-state index in [2.05, 4.69) is 0 Å². The van der Waals surface area contributed by atoms with Gasteiger partial charge in [0.2, 0.25) is 5.91 Å². The van der Waals surface area contributed by atoms with Gasteiger partial charge in [0, 0.05) is 6.54 Å². The quantitative estimate of drug-likeness (QED) is 0.404. The standard InChI is InChI=1S/C32H34N2O6/c1-32(2)39-29-28(37-21-24-16-10-5-11-17-24)27(38-30(29)40-32)25-18-26(35)34(20-23-14-8-4-9-15-23)31(36)33(25)19-22-12-6-3-7-13-22/h3-17,25,27-30H,18-21H2,1-2H3/t25-,27-,28+,29-,30-/m1/s1. The van der Waals surface area contributed by atoms with E-state index in [1.807, 2.05) is 105 Å². The van der Waals surface area contributed by atoms with Crippen LogP contribution in [0.4, 0.5) is 4.79 Å². The second-order valence-corrected chi connectivity index (χ2v) is 11.0. The maximum atomic E-state index is 14.0. The molecule has 0 aromatic heterocycles. The Morgan fingerprint density at radius 3 is 1.98 bits per heavy atom. The van der Waals surface area contributed by atoms with E-state index in [1.54, 1.807) is 4.90 Å². The van der Waals surface area contributed by atoms with Crippen LogP contribution in [0.15, 0.2) is 91.0 Å². The lowest BCUT2D eigenvalue weighted by atomic mass is 9.95. The first-order valence-electron chi connectivity index (χ1n) is 13.7. The zero-order chi connectivity index (χ0) is 27.7. The fraction of sp³-hybridized carbons (Fsp3) is 0.375. The van der Waals surface area contributed by atoms with Gasteiger partial charge in [0.15, 0.2) is 12.1 Å². The molecule has 3 aliphatic rings. The molecule has 3 aliphatic heterocycles. The summed E-state index contributed by atoms with van der Waals surface area (Å²) < 4.78 is 25.2. The van der Waals surface area contributed by atoms with E-state index in [0.29, 0.717) is 13.2 Å². The Kier molecular flexibility index (Phi) is 7.42. The van der Waals surface area contributed by atoms with Crippen molar-refractivity contribution in [1.29, 1.82) is 0 Å². The first kappa shape index (κ1) is 26.7. The van der Waals surface area contributed by atoms with Crippen LogP contribution in [-0.4, -0.2) is 58.2 Å². The number of carbonyl (C=O) groups excluding carboxylic acids is 2. The Labute approximate surface area is 234 Å². The van der Waals surface area contributed by atoms with E-state index in [9.17, 15) is 9.59 Å². The molecule has 8 nitrogen and oxygen atoms in total. The molecule has 8 heteroatoms. The first-order valence-corrected chi connectivity index (χ1v) is 13.7. The molecule has 5 atom stereocenters. The molecule has 0 unspecified atom stereocenters. The summed E-state index contributed by atoms with van der Waals surface area (Å²) in [6, 6.07) is 28.3. The minimum Gasteiger partial charge on any atom is -0.368 e. The number of fused-ring (bicyclic) bond motifs is 1. The molecule has 0 aliphatic carbocycles. The number of imide groups is 1. The molecule has 3 heterocycles. The molecule has 3 aromatic rings. The first-order chi connectivity index (χ1) is 19.4. The van der Waals surface area contributed by atoms with Crippen LogP contribution < -0.4 is 0 Å². The molecule has 0 saturated carbocycles. The summed E-state index contributed by atoms with van der Waals surface area (Å²) in [5.41, 5.74) is 2.86. The Bertz CT molecular complexity index is 1320. The number of ether oxygens (including phenoxy) is 4. The molecule has 3 aromatic carbocycles. The minimum absolute atomic E-state index is 0.101. The third-order valence-electron chi connectivity index (χ3n) is 7.63. The molecular formula is C32H34N2O6. The van der Waals surface area contributed by atoms with Crippen LogP contribution in [0.25, 0.3) is 0 Å². The summed E-state index contributed by atoms with van der Waals surface area (Å²) in [6.45, 7) is 4.56. The number of amides is 3. The summed E-state index contributed by atoms with van der Waals surface area (Å²) >= 11 is 0. The van der Waals surface area contributed by atoms with Crippen LogP contribution in [-0.2, 0) is 43.4 Å². The zero-order valence-electron chi connectivity index (χ0n) is 22.7. The van der Waals surface area contributed by atoms with Gasteiger partial charge in [0.05, 0.1) is 25.6 Å². The molecule has 3 fully saturated rings. The number of rotatable bonds is 8. The molecular weight excluding hydrogens is 508 g/mol. The molecule has 0 bridgehead atoms. The smallest absolute Gasteiger partial charge is 0.327 e. The van der Waals surface area contributed by atoms with Gasteiger partial charge in [0.25, 0.3) is 0 Å². The predicted molar refractivity (Wildman–Crippen MR) is 146 cm³/mol. The topological polar surface area (TPSA) is 77.5 Å². The van der Waals surface area contributed by atoms with Gasteiger partial charge in [-0.15, -0.1) is 0 Å². The van der Waals surface area contributed by atoms with Crippen molar-refractivity contribution < 1.29 is 28.5 Å². The monoisotopic (exact) mass is 542 g/mol. The Balaban J connectivity index is 1.30. The highest BCUT2D eigenvalue weighted by atomic mass is 16.8. The molecule has 0 spiro atoms. The highest BCUT2D eigenvalue weighted by molar-refractivity contribution is 5.97. The van der Waals surface area contributed by atoms with Crippen molar-refractivity contribution in [3.8, 4) is 0 Å². The van der Waals surface area contributed by atoms with E-state index in [1.165, 1.54) is 4.90 Å². The highest BCUT2D eigenvalue weighted by Gasteiger charge is 2.59. The number of benzene rings is 3. The average Bonchev–Trinajstić information content (AvgIpc) is 3.44. The molecule has 3 amide bonds. The molecule has 208 valence electrons. The predicted octanol–water partition coefficient (Wildman–Crippen LogP) is 4.87. The van der Waals surface area contributed by atoms with Crippen LogP contribution in [0.5, 0.6) is 0 Å². The van der Waals surface area contributed by atoms with Gasteiger partial charge >= 0.3 is 6.03 Å². The maximum absolute atomic E-state index is 14.0. The van der Waals surface area contributed by atoms with Crippen molar-refractivity contribution in [3.05, 3.63) is 108 Å². The zero-order valence-corrected chi connectivity index (χ0v) is 22.7. The normalized spacial score (nSPS) is 27.7. The molecule has 6 rings (SSSR count). The average molecular weight is 543 g/mol. The lowest BCUT2D eigenvalue weighted by Gasteiger charge is -2.44. The lowest BCUT2D eigenvalue weighted by molar-refractivity contribution is -0.227. The number of hydrogen-bond acceptors (Lipinski definition) is 6. The van der Waals surface area contributed by atoms with Gasteiger partial charge in [0.1, 0.15) is 18.3 Å². The fourth-order valence-corrected chi connectivity index (χ4v) is 5.75. The van der Waals surface area contributed by atoms with Crippen LogP contribution in [0.2, 0.25) is 0 Å². The molecule has 3 saturated heterocycles. The van der Waals surface area contributed by atoms with Crippen LogP contribution in [0, 0.1) is 0 Å². The second-order valence-electron chi connectivity index (χ2n) is 11.0. The number of hydrogen-bond donors (Lipinski definition) is 0. The Hall–Kier alpha value is -3.56. The van der Waals surface area contributed by atoms with Gasteiger partial charge in [-0.2, -0.15) is 0 Å². The maximum Gasteiger partial charge on any atom is 0.327 e. The fourth-order valence-electron chi connectivity index (χ4n) is 5.75. The van der Waals surface area contributed by atoms with Crippen LogP contribution in [0.3, 0.4) is 0 Å². The summed E-state index contributed by atoms with van der Waals surface area (Å²) in [5, 5.41) is 0. The molecule has 0 N–H and O–H groups in total. The summed E-state index contributed by atoms with van der Waals surface area (Å²) in [7, 11) is 0. The largest absolute Gasteiger partial charge is 0.368 e. The van der Waals surface area contributed by atoms with Crippen molar-refractivity contribution >= 4 is 11.9 Å². The number of urea groups is 1. The van der Waals surface area contributed by atoms with E-state index in [-0.39, 0.29) is 24.9 Å². The highest BCUT2D eigenvalue weighted by Crippen LogP contribution is 2.42. The van der Waals surface area contributed by atoms with Crippen molar-refractivity contribution in [3.63, 3.8) is 0 Å². The van der Waals surface area contributed by atoms with E-state index in [4.69, 9.17) is 18.9 Å². The summed E-state index contributed by atoms with van der Waals surface area (Å²) in [6.07, 6.45) is -2.21. The minimum atomic E-state index is -0.830. The Morgan fingerprint density at radius 2 is 1.35 bits per heavy atom. The summed E-state index contributed by atoms with van der Waals surface area (Å²) in [5.74, 6) is -1.07. The van der Waals surface area contributed by atoms with Gasteiger partial charge in [-0.05, 0) is 30.5 Å². The third-order valence-corrected chi connectivity index (χ3v) is 7.63. The SMILES string of the molecule is CC1(C)O[C@H]2O[C@H]([C@H]3CC(=O)N(Cc4ccccc4)C(=O)N3Cc3ccccc3)[C@H](OCc3ccccc3)[C@H]2O1. The van der Waals surface area contributed by atoms with Crippen LogP contribution >= 0.6 is 0 Å². The van der Waals surface area contributed by atoms with Gasteiger partial charge < -0.3 is 23.8 Å². The summed E-state index contributed by atoms with van der Waals surface area (Å²) in [4.78, 5) is 30.6. The third kappa shape index (κ3) is 5.53. The van der Waals surface area contributed by atoms with E-state index < -0.39 is 36.4 Å². The van der Waals surface area contributed by atoms with Crippen molar-refractivity contribution in [2.45, 2.75) is 76.4 Å². The van der Waals surface area contributed by atoms with Gasteiger partial charge in [-0.1, -0.05) is 91.0 Å². The Morgan fingerprint density at radius 1 is 0.775 bits per heavy atom. The van der Waals surface area contributed by atoms with Crippen molar-refractivity contribution in [2.24, 2.45) is 0 Å².